The molecule has 0 saturated carbocycles. The van der Waals surface area contributed by atoms with Crippen LogP contribution in [-0.4, -0.2) is 135 Å². The number of fused-ring (bicyclic) bond motifs is 2. The zero-order valence-electron chi connectivity index (χ0n) is 43.2. The monoisotopic (exact) mass is 1090 g/mol. The van der Waals surface area contributed by atoms with Crippen LogP contribution in [0.3, 0.4) is 0 Å². The van der Waals surface area contributed by atoms with Crippen LogP contribution in [0.15, 0.2) is 90.2 Å². The van der Waals surface area contributed by atoms with Gasteiger partial charge in [-0.15, -0.1) is 0 Å². The summed E-state index contributed by atoms with van der Waals surface area (Å²) in [5.74, 6) is 1.23. The standard InChI is InChI=1S/C27H33FN8.C15H14BrFN4.C12H20N4.2CH4/c1-5-35-10-12-36(13-11-35)17-19-6-9-24(29-15-19)31-27-30-16-22(28)25(32-27)20-7-8-23-21(14-20)26(18(2)3)34(4)33-23;1-8(2)14-10-6-9(4-5-12(10)20-21(14)3)13-11(17)7-18-15(16)19-13;1-2-15-5-7-16(8-6-15)10-11-3-4-12(13)14-9-11;;/h6-9,14-16,18H,5,10-13,17H2,1-4H3,(H,29,30,31,32);4-8H,1-3H3;3-4,9H,2,5-8,10H2,1H3,(H2,13,14);2*1H4. The van der Waals surface area contributed by atoms with Crippen LogP contribution in [0.5, 0.6) is 0 Å². The van der Waals surface area contributed by atoms with Crippen molar-refractivity contribution < 1.29 is 8.78 Å². The van der Waals surface area contributed by atoms with Gasteiger partial charge < -0.3 is 20.9 Å². The number of nitrogen functional groups attached to an aromatic ring is 1. The predicted molar refractivity (Wildman–Crippen MR) is 304 cm³/mol. The van der Waals surface area contributed by atoms with Gasteiger partial charge in [-0.2, -0.15) is 10.2 Å². The van der Waals surface area contributed by atoms with E-state index in [4.69, 9.17) is 5.73 Å². The van der Waals surface area contributed by atoms with E-state index in [-0.39, 0.29) is 32.2 Å². The van der Waals surface area contributed by atoms with Gasteiger partial charge in [0.25, 0.3) is 0 Å². The van der Waals surface area contributed by atoms with Gasteiger partial charge in [0.05, 0.1) is 23.4 Å². The Morgan fingerprint density at radius 3 is 1.47 bits per heavy atom. The van der Waals surface area contributed by atoms with E-state index in [9.17, 15) is 8.78 Å². The molecule has 2 aliphatic rings. The van der Waals surface area contributed by atoms with E-state index in [0.717, 1.165) is 110 Å². The summed E-state index contributed by atoms with van der Waals surface area (Å²) in [6, 6.07) is 19.3. The molecule has 400 valence electrons. The molecule has 0 unspecified atom stereocenters. The molecule has 6 aromatic heterocycles. The topological polar surface area (TPSA) is 164 Å². The number of pyridine rings is 2. The summed E-state index contributed by atoms with van der Waals surface area (Å²) in [5.41, 5.74) is 13.9. The highest BCUT2D eigenvalue weighted by Gasteiger charge is 2.20. The minimum Gasteiger partial charge on any atom is -0.384 e. The number of hydrogen-bond acceptors (Lipinski definition) is 14. The van der Waals surface area contributed by atoms with E-state index < -0.39 is 11.6 Å². The normalized spacial score (nSPS) is 14.5. The minimum atomic E-state index is -0.471. The van der Waals surface area contributed by atoms with Gasteiger partial charge in [-0.1, -0.05) is 80.7 Å². The molecule has 2 fully saturated rings. The smallest absolute Gasteiger partial charge is 0.229 e. The van der Waals surface area contributed by atoms with Crippen molar-refractivity contribution in [2.24, 2.45) is 14.1 Å². The maximum Gasteiger partial charge on any atom is 0.229 e. The number of hydrogen-bond donors (Lipinski definition) is 2. The molecule has 2 saturated heterocycles. The maximum absolute atomic E-state index is 14.8. The molecular formula is C56H75BrF2N16. The molecule has 2 aliphatic heterocycles. The highest BCUT2D eigenvalue weighted by atomic mass is 79.9. The van der Waals surface area contributed by atoms with Crippen molar-refractivity contribution in [3.8, 4) is 22.5 Å². The van der Waals surface area contributed by atoms with E-state index in [2.05, 4.69) is 135 Å². The van der Waals surface area contributed by atoms with Crippen LogP contribution < -0.4 is 11.1 Å². The lowest BCUT2D eigenvalue weighted by atomic mass is 10.0. The van der Waals surface area contributed by atoms with Crippen LogP contribution in [0.2, 0.25) is 0 Å². The lowest BCUT2D eigenvalue weighted by Crippen LogP contribution is -2.45. The van der Waals surface area contributed by atoms with Crippen molar-refractivity contribution in [1.82, 2.24) is 69.1 Å². The summed E-state index contributed by atoms with van der Waals surface area (Å²) in [4.78, 5) is 35.1. The van der Waals surface area contributed by atoms with Crippen LogP contribution in [0.25, 0.3) is 44.3 Å². The number of aromatic nitrogens is 10. The molecule has 75 heavy (non-hydrogen) atoms. The quantitative estimate of drug-likeness (QED) is 0.111. The molecule has 2 aromatic carbocycles. The fraction of sp³-hybridized carbons (Fsp3) is 0.429. The van der Waals surface area contributed by atoms with Crippen LogP contribution in [-0.2, 0) is 27.2 Å². The molecule has 16 nitrogen and oxygen atoms in total. The number of anilines is 3. The van der Waals surface area contributed by atoms with Gasteiger partial charge in [0, 0.05) is 125 Å². The van der Waals surface area contributed by atoms with Gasteiger partial charge in [-0.3, -0.25) is 19.2 Å². The number of halogens is 3. The van der Waals surface area contributed by atoms with E-state index >= 15 is 0 Å². The number of aryl methyl sites for hydroxylation is 2. The Hall–Kier alpha value is -6.38. The van der Waals surface area contributed by atoms with Crippen molar-refractivity contribution >= 4 is 55.3 Å². The number of nitrogens with zero attached hydrogens (tertiary/aromatic N) is 14. The Morgan fingerprint density at radius 1 is 0.573 bits per heavy atom. The minimum absolute atomic E-state index is 0. The van der Waals surface area contributed by atoms with Crippen molar-refractivity contribution in [3.63, 3.8) is 0 Å². The van der Waals surface area contributed by atoms with Crippen LogP contribution in [0.1, 0.15) is 90.7 Å². The third-order valence-electron chi connectivity index (χ3n) is 13.4. The van der Waals surface area contributed by atoms with Crippen molar-refractivity contribution in [2.75, 3.05) is 76.5 Å². The first kappa shape index (κ1) is 57.9. The van der Waals surface area contributed by atoms with Gasteiger partial charge in [0.2, 0.25) is 5.95 Å². The van der Waals surface area contributed by atoms with Crippen LogP contribution in [0, 0.1) is 11.6 Å². The van der Waals surface area contributed by atoms with E-state index in [0.29, 0.717) is 33.8 Å². The second kappa shape index (κ2) is 26.4. The molecule has 3 N–H and O–H groups in total. The highest BCUT2D eigenvalue weighted by molar-refractivity contribution is 9.10. The largest absolute Gasteiger partial charge is 0.384 e. The third-order valence-corrected chi connectivity index (χ3v) is 13.8. The molecule has 8 aromatic rings. The van der Waals surface area contributed by atoms with Crippen molar-refractivity contribution in [3.05, 3.63) is 124 Å². The van der Waals surface area contributed by atoms with Gasteiger partial charge in [0.1, 0.15) is 23.0 Å². The number of likely N-dealkylation sites (N-methyl/N-ethyl adjacent to an activating group) is 2. The first-order valence-corrected chi connectivity index (χ1v) is 25.9. The molecule has 8 heterocycles. The molecule has 0 radical (unpaired) electrons. The first-order valence-electron chi connectivity index (χ1n) is 25.1. The van der Waals surface area contributed by atoms with E-state index in [1.807, 2.05) is 84.4 Å². The molecule has 0 spiro atoms. The number of benzene rings is 2. The summed E-state index contributed by atoms with van der Waals surface area (Å²) in [6.45, 7) is 26.1. The van der Waals surface area contributed by atoms with Crippen LogP contribution in [0.4, 0.5) is 26.4 Å². The highest BCUT2D eigenvalue weighted by Crippen LogP contribution is 2.32. The van der Waals surface area contributed by atoms with Gasteiger partial charge in [-0.25, -0.2) is 38.7 Å². The first-order chi connectivity index (χ1) is 35.2. The lowest BCUT2D eigenvalue weighted by molar-refractivity contribution is 0.132. The van der Waals surface area contributed by atoms with Crippen molar-refractivity contribution in [1.29, 1.82) is 0 Å². The predicted octanol–water partition coefficient (Wildman–Crippen LogP) is 10.7. The Morgan fingerprint density at radius 2 is 1.03 bits per heavy atom. The SMILES string of the molecule is C.C.CC(C)c1c2cc(-c3nc(Br)ncc3F)ccc2nn1C.CCN1CCN(Cc2ccc(N)nc2)CC1.CCN1CCN(Cc2ccc(Nc3ncc(F)c(-c4ccc5nn(C)c(C(C)C)c5c4)n3)nc2)CC1. The molecule has 0 amide bonds. The molecule has 19 heteroatoms. The number of piperazine rings is 2. The summed E-state index contributed by atoms with van der Waals surface area (Å²) in [6.07, 6.45) is 6.12. The Labute approximate surface area is 450 Å². The number of rotatable bonds is 12. The Kier molecular flexibility index (Phi) is 20.4. The van der Waals surface area contributed by atoms with E-state index in [1.165, 1.54) is 31.0 Å². The van der Waals surface area contributed by atoms with Gasteiger partial charge >= 0.3 is 0 Å². The van der Waals surface area contributed by atoms with E-state index in [1.54, 1.807) is 0 Å². The fourth-order valence-electron chi connectivity index (χ4n) is 9.56. The number of nitrogens with one attached hydrogen (secondary N) is 1. The fourth-order valence-corrected chi connectivity index (χ4v) is 9.84. The summed E-state index contributed by atoms with van der Waals surface area (Å²) in [7, 11) is 3.86. The van der Waals surface area contributed by atoms with Crippen molar-refractivity contribution in [2.45, 2.75) is 81.3 Å². The molecular weight excluding hydrogens is 1010 g/mol. The zero-order valence-corrected chi connectivity index (χ0v) is 44.8. The second-order valence-corrected chi connectivity index (χ2v) is 19.9. The number of nitrogens with two attached hydrogens (primary N) is 1. The molecule has 10 rings (SSSR count). The third kappa shape index (κ3) is 14.5. The zero-order chi connectivity index (χ0) is 51.8. The maximum atomic E-state index is 14.8. The molecule has 0 aliphatic carbocycles. The Balaban J connectivity index is 0.000000199. The molecule has 0 atom stereocenters. The average molecular weight is 1090 g/mol. The summed E-state index contributed by atoms with van der Waals surface area (Å²) in [5, 5.41) is 14.2. The van der Waals surface area contributed by atoms with Gasteiger partial charge in [0.15, 0.2) is 16.4 Å². The van der Waals surface area contributed by atoms with Crippen LogP contribution >= 0.6 is 15.9 Å². The average Bonchev–Trinajstić information content (AvgIpc) is 3.91. The second-order valence-electron chi connectivity index (χ2n) is 19.2. The van der Waals surface area contributed by atoms with Gasteiger partial charge in [-0.05, 0) is 88.4 Å². The summed E-state index contributed by atoms with van der Waals surface area (Å²) >= 11 is 3.18. The molecule has 0 bridgehead atoms. The lowest BCUT2D eigenvalue weighted by Gasteiger charge is -2.33. The Bertz CT molecular complexity index is 3090. The summed E-state index contributed by atoms with van der Waals surface area (Å²) < 4.78 is 32.9.